The van der Waals surface area contributed by atoms with Crippen LogP contribution in [0.4, 0.5) is 4.39 Å². The van der Waals surface area contributed by atoms with Crippen LogP contribution in [0.25, 0.3) is 5.76 Å². The summed E-state index contributed by atoms with van der Waals surface area (Å²) in [4.78, 5) is 27.5. The Balaban J connectivity index is 2.23. The monoisotopic (exact) mass is 487 g/mol. The number of Topliss-reactive ketones (excluding diaryl/α,β-unsaturated/α-hetero) is 1. The van der Waals surface area contributed by atoms with Gasteiger partial charge in [0, 0.05) is 13.7 Å². The van der Waals surface area contributed by atoms with E-state index in [1.165, 1.54) is 31.3 Å². The van der Waals surface area contributed by atoms with Gasteiger partial charge in [-0.1, -0.05) is 6.07 Å². The second kappa shape index (κ2) is 11.2. The number of aliphatic hydroxyl groups is 1. The number of halogens is 1. The number of likely N-dealkylation sites (tertiary alicyclic amines) is 1. The molecule has 1 fully saturated rings. The van der Waals surface area contributed by atoms with Crippen molar-refractivity contribution in [3.63, 3.8) is 0 Å². The van der Waals surface area contributed by atoms with Crippen LogP contribution in [-0.2, 0) is 14.3 Å². The predicted molar refractivity (Wildman–Crippen MR) is 127 cm³/mol. The zero-order valence-electron chi connectivity index (χ0n) is 20.5. The Kier molecular flexibility index (Phi) is 8.34. The third kappa shape index (κ3) is 5.40. The standard InChI is InChI=1S/C26H30FNO7/c1-6-34-21-13-16(7-9-20(21)35-15(2)3)23-22(25(30)26(31)28(23)11-12-32-4)24(29)18-14-17(27)8-10-19(18)33-5/h7-10,13-15,23,29H,6,11-12H2,1-5H3/b24-22+. The lowest BCUT2D eigenvalue weighted by atomic mass is 9.94. The summed E-state index contributed by atoms with van der Waals surface area (Å²) in [5.41, 5.74) is 0.291. The maximum atomic E-state index is 14.1. The average molecular weight is 488 g/mol. The van der Waals surface area contributed by atoms with Crippen LogP contribution in [0.2, 0.25) is 0 Å². The molecule has 0 radical (unpaired) electrons. The highest BCUT2D eigenvalue weighted by Crippen LogP contribution is 2.43. The minimum absolute atomic E-state index is 0.0352. The quantitative estimate of drug-likeness (QED) is 0.306. The first-order valence-corrected chi connectivity index (χ1v) is 11.3. The third-order valence-electron chi connectivity index (χ3n) is 5.44. The van der Waals surface area contributed by atoms with Crippen LogP contribution in [0.3, 0.4) is 0 Å². The molecule has 0 aliphatic carbocycles. The fraction of sp³-hybridized carbons (Fsp3) is 0.385. The van der Waals surface area contributed by atoms with Crippen LogP contribution < -0.4 is 14.2 Å². The zero-order chi connectivity index (χ0) is 25.7. The molecule has 1 saturated heterocycles. The fourth-order valence-electron chi connectivity index (χ4n) is 3.97. The number of aliphatic hydroxyl groups excluding tert-OH is 1. The summed E-state index contributed by atoms with van der Waals surface area (Å²) in [6.07, 6.45) is -0.104. The highest BCUT2D eigenvalue weighted by atomic mass is 19.1. The van der Waals surface area contributed by atoms with Crippen molar-refractivity contribution in [2.75, 3.05) is 34.0 Å². The van der Waals surface area contributed by atoms with E-state index in [-0.39, 0.29) is 36.1 Å². The van der Waals surface area contributed by atoms with E-state index in [0.29, 0.717) is 23.7 Å². The van der Waals surface area contributed by atoms with Crippen LogP contribution >= 0.6 is 0 Å². The summed E-state index contributed by atoms with van der Waals surface area (Å²) in [5.74, 6) is -1.77. The van der Waals surface area contributed by atoms with Crippen molar-refractivity contribution >= 4 is 17.4 Å². The molecular formula is C26H30FNO7. The summed E-state index contributed by atoms with van der Waals surface area (Å²) < 4.78 is 36.0. The molecule has 2 aromatic carbocycles. The van der Waals surface area contributed by atoms with Crippen LogP contribution in [0.15, 0.2) is 42.0 Å². The van der Waals surface area contributed by atoms with E-state index in [1.807, 2.05) is 20.8 Å². The van der Waals surface area contributed by atoms with Gasteiger partial charge in [-0.15, -0.1) is 0 Å². The highest BCUT2D eigenvalue weighted by molar-refractivity contribution is 6.46. The van der Waals surface area contributed by atoms with Gasteiger partial charge in [-0.25, -0.2) is 4.39 Å². The number of ketones is 1. The summed E-state index contributed by atoms with van der Waals surface area (Å²) in [7, 11) is 2.84. The second-order valence-corrected chi connectivity index (χ2v) is 8.14. The third-order valence-corrected chi connectivity index (χ3v) is 5.44. The van der Waals surface area contributed by atoms with Gasteiger partial charge in [0.1, 0.15) is 17.3 Å². The van der Waals surface area contributed by atoms with Gasteiger partial charge in [-0.3, -0.25) is 9.59 Å². The van der Waals surface area contributed by atoms with E-state index >= 15 is 0 Å². The zero-order valence-corrected chi connectivity index (χ0v) is 20.5. The molecule has 2 aromatic rings. The van der Waals surface area contributed by atoms with Crippen LogP contribution in [-0.4, -0.2) is 61.8 Å². The molecule has 9 heteroatoms. The molecule has 1 heterocycles. The summed E-state index contributed by atoms with van der Waals surface area (Å²) >= 11 is 0. The van der Waals surface area contributed by atoms with Gasteiger partial charge in [0.15, 0.2) is 11.5 Å². The van der Waals surface area contributed by atoms with Crippen molar-refractivity contribution in [3.8, 4) is 17.2 Å². The molecule has 0 aromatic heterocycles. The lowest BCUT2D eigenvalue weighted by Crippen LogP contribution is -2.32. The molecule has 3 rings (SSSR count). The minimum Gasteiger partial charge on any atom is -0.507 e. The van der Waals surface area contributed by atoms with Crippen molar-refractivity contribution < 1.29 is 38.0 Å². The molecule has 8 nitrogen and oxygen atoms in total. The SMILES string of the molecule is CCOc1cc(C2/C(=C(\O)c3cc(F)ccc3OC)C(=O)C(=O)N2CCOC)ccc1OC(C)C. The Morgan fingerprint density at radius 3 is 2.43 bits per heavy atom. The molecule has 188 valence electrons. The normalized spacial score (nSPS) is 17.2. The van der Waals surface area contributed by atoms with E-state index in [9.17, 15) is 19.1 Å². The molecule has 1 aliphatic rings. The lowest BCUT2D eigenvalue weighted by molar-refractivity contribution is -0.140. The molecule has 0 saturated carbocycles. The molecule has 1 aliphatic heterocycles. The number of benzene rings is 2. The number of rotatable bonds is 10. The van der Waals surface area contributed by atoms with Gasteiger partial charge in [-0.05, 0) is 56.7 Å². The first-order chi connectivity index (χ1) is 16.7. The number of amides is 1. The van der Waals surface area contributed by atoms with Gasteiger partial charge in [0.2, 0.25) is 0 Å². The van der Waals surface area contributed by atoms with Gasteiger partial charge < -0.3 is 29.0 Å². The topological polar surface area (TPSA) is 94.5 Å². The Bertz CT molecular complexity index is 1130. The number of hydrogen-bond acceptors (Lipinski definition) is 7. The van der Waals surface area contributed by atoms with E-state index in [2.05, 4.69) is 0 Å². The van der Waals surface area contributed by atoms with Crippen LogP contribution in [0, 0.1) is 5.82 Å². The van der Waals surface area contributed by atoms with Crippen molar-refractivity contribution in [2.45, 2.75) is 32.9 Å². The Hall–Kier alpha value is -3.59. The molecule has 1 amide bonds. The predicted octanol–water partition coefficient (Wildman–Crippen LogP) is 4.09. The Morgan fingerprint density at radius 1 is 1.09 bits per heavy atom. The molecule has 35 heavy (non-hydrogen) atoms. The molecule has 0 bridgehead atoms. The Labute approximate surface area is 203 Å². The van der Waals surface area contributed by atoms with Crippen LogP contribution in [0.1, 0.15) is 37.9 Å². The van der Waals surface area contributed by atoms with Gasteiger partial charge in [0.25, 0.3) is 11.7 Å². The van der Waals surface area contributed by atoms with Gasteiger partial charge in [0.05, 0.1) is 43.6 Å². The molecule has 1 unspecified atom stereocenters. The Morgan fingerprint density at radius 2 is 1.80 bits per heavy atom. The van der Waals surface area contributed by atoms with E-state index in [1.54, 1.807) is 18.2 Å². The summed E-state index contributed by atoms with van der Waals surface area (Å²) in [6.45, 7) is 6.22. The number of carbonyl (C=O) groups excluding carboxylic acids is 2. The largest absolute Gasteiger partial charge is 0.507 e. The first kappa shape index (κ1) is 26.0. The van der Waals surface area contributed by atoms with E-state index in [4.69, 9.17) is 18.9 Å². The van der Waals surface area contributed by atoms with Gasteiger partial charge in [-0.2, -0.15) is 0 Å². The van der Waals surface area contributed by atoms with E-state index in [0.717, 1.165) is 6.07 Å². The fourth-order valence-corrected chi connectivity index (χ4v) is 3.97. The number of ether oxygens (including phenoxy) is 4. The molecule has 1 N–H and O–H groups in total. The minimum atomic E-state index is -0.967. The number of nitrogens with zero attached hydrogens (tertiary/aromatic N) is 1. The molecular weight excluding hydrogens is 457 g/mol. The van der Waals surface area contributed by atoms with Crippen molar-refractivity contribution in [1.29, 1.82) is 0 Å². The lowest BCUT2D eigenvalue weighted by Gasteiger charge is -2.26. The molecule has 1 atom stereocenters. The average Bonchev–Trinajstić information content (AvgIpc) is 3.08. The smallest absolute Gasteiger partial charge is 0.295 e. The summed E-state index contributed by atoms with van der Waals surface area (Å²) in [6, 6.07) is 7.67. The maximum Gasteiger partial charge on any atom is 0.295 e. The van der Waals surface area contributed by atoms with Crippen molar-refractivity contribution in [3.05, 3.63) is 58.9 Å². The maximum absolute atomic E-state index is 14.1. The van der Waals surface area contributed by atoms with Gasteiger partial charge >= 0.3 is 0 Å². The molecule has 0 spiro atoms. The number of carbonyl (C=O) groups is 2. The first-order valence-electron chi connectivity index (χ1n) is 11.3. The highest BCUT2D eigenvalue weighted by Gasteiger charge is 2.46. The van der Waals surface area contributed by atoms with Crippen molar-refractivity contribution in [2.24, 2.45) is 0 Å². The number of methoxy groups -OCH3 is 2. The second-order valence-electron chi connectivity index (χ2n) is 8.14. The van der Waals surface area contributed by atoms with Crippen molar-refractivity contribution in [1.82, 2.24) is 4.90 Å². The summed E-state index contributed by atoms with van der Waals surface area (Å²) in [5, 5.41) is 11.2. The van der Waals surface area contributed by atoms with E-state index < -0.39 is 29.3 Å². The number of hydrogen-bond donors (Lipinski definition) is 1. The van der Waals surface area contributed by atoms with Crippen LogP contribution in [0.5, 0.6) is 17.2 Å².